The molecule has 0 aliphatic rings. The predicted molar refractivity (Wildman–Crippen MR) is 88.6 cm³/mol. The van der Waals surface area contributed by atoms with Crippen LogP contribution in [-0.2, 0) is 16.0 Å². The van der Waals surface area contributed by atoms with Crippen molar-refractivity contribution in [1.82, 2.24) is 10.5 Å². The van der Waals surface area contributed by atoms with E-state index < -0.39 is 12.0 Å². The minimum atomic E-state index is -0.482. The van der Waals surface area contributed by atoms with E-state index >= 15 is 0 Å². The molecule has 0 aliphatic carbocycles. The van der Waals surface area contributed by atoms with Crippen LogP contribution in [0.5, 0.6) is 0 Å². The van der Waals surface area contributed by atoms with E-state index in [2.05, 4.69) is 10.5 Å². The van der Waals surface area contributed by atoms with Gasteiger partial charge in [0.25, 0.3) is 5.91 Å². The molecule has 0 radical (unpaired) electrons. The Morgan fingerprint density at radius 1 is 1.25 bits per heavy atom. The van der Waals surface area contributed by atoms with E-state index in [1.165, 1.54) is 7.11 Å². The van der Waals surface area contributed by atoms with Crippen LogP contribution >= 0.6 is 0 Å². The first kappa shape index (κ1) is 17.7. The summed E-state index contributed by atoms with van der Waals surface area (Å²) in [6.07, 6.45) is 0.642. The number of esters is 1. The van der Waals surface area contributed by atoms with Crippen LogP contribution in [0.25, 0.3) is 0 Å². The topological polar surface area (TPSA) is 81.4 Å². The molecule has 128 valence electrons. The number of rotatable bonds is 6. The summed E-state index contributed by atoms with van der Waals surface area (Å²) in [5.74, 6) is -0.233. The van der Waals surface area contributed by atoms with Crippen LogP contribution in [0, 0.1) is 13.8 Å². The van der Waals surface area contributed by atoms with Gasteiger partial charge in [-0.15, -0.1) is 0 Å². The zero-order valence-electron chi connectivity index (χ0n) is 14.4. The molecule has 6 heteroatoms. The molecule has 0 spiro atoms. The van der Waals surface area contributed by atoms with Crippen LogP contribution in [0.3, 0.4) is 0 Å². The van der Waals surface area contributed by atoms with Gasteiger partial charge in [0.05, 0.1) is 25.3 Å². The van der Waals surface area contributed by atoms with Crippen molar-refractivity contribution in [3.05, 3.63) is 52.4 Å². The highest BCUT2D eigenvalue weighted by Gasteiger charge is 2.24. The summed E-state index contributed by atoms with van der Waals surface area (Å²) in [5.41, 5.74) is 2.97. The van der Waals surface area contributed by atoms with E-state index in [0.717, 1.165) is 11.1 Å². The van der Waals surface area contributed by atoms with Gasteiger partial charge in [-0.1, -0.05) is 41.9 Å². The molecule has 24 heavy (non-hydrogen) atoms. The molecule has 0 unspecified atom stereocenters. The van der Waals surface area contributed by atoms with Crippen molar-refractivity contribution in [2.75, 3.05) is 7.11 Å². The third-order valence-corrected chi connectivity index (χ3v) is 3.88. The third-order valence-electron chi connectivity index (χ3n) is 3.88. The van der Waals surface area contributed by atoms with Gasteiger partial charge in [0, 0.05) is 0 Å². The number of nitrogens with one attached hydrogen (secondary N) is 1. The standard InChI is InChI=1S/C18H22N2O4/c1-5-14-17(12(3)24-20-14)18(22)19-15(10-16(21)23-4)13-8-6-11(2)7-9-13/h6-9,15H,5,10H2,1-4H3,(H,19,22)/t15-/m0/s1. The molecular formula is C18H22N2O4. The highest BCUT2D eigenvalue weighted by molar-refractivity contribution is 5.96. The molecular weight excluding hydrogens is 308 g/mol. The summed E-state index contributed by atoms with van der Waals surface area (Å²) in [6, 6.07) is 7.18. The van der Waals surface area contributed by atoms with Gasteiger partial charge in [-0.2, -0.15) is 0 Å². The molecule has 2 aromatic rings. The maximum Gasteiger partial charge on any atom is 0.307 e. The van der Waals surface area contributed by atoms with Gasteiger partial charge in [-0.25, -0.2) is 0 Å². The summed E-state index contributed by atoms with van der Waals surface area (Å²) in [5, 5.41) is 6.79. The van der Waals surface area contributed by atoms with Crippen molar-refractivity contribution in [3.63, 3.8) is 0 Å². The summed E-state index contributed by atoms with van der Waals surface area (Å²) in [6.45, 7) is 5.58. The molecule has 0 saturated carbocycles. The lowest BCUT2D eigenvalue weighted by molar-refractivity contribution is -0.141. The average Bonchev–Trinajstić information content (AvgIpc) is 2.95. The number of aryl methyl sites for hydroxylation is 3. The maximum atomic E-state index is 12.7. The predicted octanol–water partition coefficient (Wildman–Crippen LogP) is 2.89. The zero-order chi connectivity index (χ0) is 17.7. The van der Waals surface area contributed by atoms with E-state index in [1.807, 2.05) is 38.1 Å². The second-order valence-electron chi connectivity index (χ2n) is 5.63. The molecule has 0 bridgehead atoms. The quantitative estimate of drug-likeness (QED) is 0.824. The molecule has 6 nitrogen and oxygen atoms in total. The molecule has 0 fully saturated rings. The summed E-state index contributed by atoms with van der Waals surface area (Å²) < 4.78 is 9.86. The lowest BCUT2D eigenvalue weighted by atomic mass is 10.0. The number of carbonyl (C=O) groups excluding carboxylic acids is 2. The second-order valence-corrected chi connectivity index (χ2v) is 5.63. The number of benzene rings is 1. The van der Waals surface area contributed by atoms with Gasteiger partial charge in [-0.05, 0) is 25.8 Å². The van der Waals surface area contributed by atoms with E-state index in [0.29, 0.717) is 23.4 Å². The largest absolute Gasteiger partial charge is 0.469 e. The molecule has 1 N–H and O–H groups in total. The molecule has 1 heterocycles. The monoisotopic (exact) mass is 330 g/mol. The minimum absolute atomic E-state index is 0.0527. The third kappa shape index (κ3) is 4.01. The first-order chi connectivity index (χ1) is 11.5. The lowest BCUT2D eigenvalue weighted by Crippen LogP contribution is -2.31. The van der Waals surface area contributed by atoms with E-state index in [9.17, 15) is 9.59 Å². The van der Waals surface area contributed by atoms with Gasteiger partial charge in [0.2, 0.25) is 0 Å². The van der Waals surface area contributed by atoms with Gasteiger partial charge in [0.15, 0.2) is 0 Å². The van der Waals surface area contributed by atoms with Gasteiger partial charge >= 0.3 is 5.97 Å². The lowest BCUT2D eigenvalue weighted by Gasteiger charge is -2.18. The molecule has 0 aliphatic heterocycles. The first-order valence-corrected chi connectivity index (χ1v) is 7.85. The number of amides is 1. The van der Waals surface area contributed by atoms with Crippen LogP contribution in [0.15, 0.2) is 28.8 Å². The fraction of sp³-hybridized carbons (Fsp3) is 0.389. The summed E-state index contributed by atoms with van der Waals surface area (Å²) in [4.78, 5) is 24.4. The number of hydrogen-bond donors (Lipinski definition) is 1. The molecule has 1 aromatic heterocycles. The highest BCUT2D eigenvalue weighted by Crippen LogP contribution is 2.21. The maximum absolute atomic E-state index is 12.7. The van der Waals surface area contributed by atoms with Crippen molar-refractivity contribution >= 4 is 11.9 Å². The molecule has 1 amide bonds. The van der Waals surface area contributed by atoms with Crippen LogP contribution in [0.2, 0.25) is 0 Å². The molecule has 2 rings (SSSR count). The number of carbonyl (C=O) groups is 2. The molecule has 1 atom stereocenters. The Kier molecular flexibility index (Phi) is 5.73. The Morgan fingerprint density at radius 2 is 1.92 bits per heavy atom. The molecule has 0 saturated heterocycles. The normalized spacial score (nSPS) is 11.8. The van der Waals surface area contributed by atoms with Crippen molar-refractivity contribution in [3.8, 4) is 0 Å². The summed E-state index contributed by atoms with van der Waals surface area (Å²) >= 11 is 0. The number of methoxy groups -OCH3 is 1. The number of aromatic nitrogens is 1. The average molecular weight is 330 g/mol. The Hall–Kier alpha value is -2.63. The minimum Gasteiger partial charge on any atom is -0.469 e. The van der Waals surface area contributed by atoms with E-state index in [-0.39, 0.29) is 12.3 Å². The van der Waals surface area contributed by atoms with Crippen molar-refractivity contribution < 1.29 is 18.8 Å². The van der Waals surface area contributed by atoms with Crippen molar-refractivity contribution in [2.45, 2.75) is 39.7 Å². The van der Waals surface area contributed by atoms with Crippen molar-refractivity contribution in [2.24, 2.45) is 0 Å². The Balaban J connectivity index is 2.27. The Labute approximate surface area is 141 Å². The fourth-order valence-electron chi connectivity index (χ4n) is 2.48. The SMILES string of the molecule is CCc1noc(C)c1C(=O)N[C@@H](CC(=O)OC)c1ccc(C)cc1. The van der Waals surface area contributed by atoms with Gasteiger partial charge < -0.3 is 14.6 Å². The second kappa shape index (κ2) is 7.77. The van der Waals surface area contributed by atoms with E-state index in [4.69, 9.17) is 9.26 Å². The first-order valence-electron chi connectivity index (χ1n) is 7.85. The highest BCUT2D eigenvalue weighted by atomic mass is 16.5. The Bertz CT molecular complexity index is 719. The fourth-order valence-corrected chi connectivity index (χ4v) is 2.48. The molecule has 1 aromatic carbocycles. The number of hydrogen-bond acceptors (Lipinski definition) is 5. The van der Waals surface area contributed by atoms with Crippen LogP contribution in [0.1, 0.15) is 52.3 Å². The van der Waals surface area contributed by atoms with Crippen LogP contribution in [-0.4, -0.2) is 24.1 Å². The zero-order valence-corrected chi connectivity index (χ0v) is 14.4. The van der Waals surface area contributed by atoms with Crippen LogP contribution < -0.4 is 5.32 Å². The van der Waals surface area contributed by atoms with Crippen molar-refractivity contribution in [1.29, 1.82) is 0 Å². The van der Waals surface area contributed by atoms with Crippen LogP contribution in [0.4, 0.5) is 0 Å². The van der Waals surface area contributed by atoms with E-state index in [1.54, 1.807) is 6.92 Å². The summed E-state index contributed by atoms with van der Waals surface area (Å²) in [7, 11) is 1.33. The smallest absolute Gasteiger partial charge is 0.307 e. The van der Waals surface area contributed by atoms with Gasteiger partial charge in [0.1, 0.15) is 11.3 Å². The van der Waals surface area contributed by atoms with Gasteiger partial charge in [-0.3, -0.25) is 9.59 Å². The Morgan fingerprint density at radius 3 is 2.50 bits per heavy atom. The number of nitrogens with zero attached hydrogens (tertiary/aromatic N) is 1. The number of ether oxygens (including phenoxy) is 1.